The van der Waals surface area contributed by atoms with Crippen LogP contribution >= 0.6 is 19.4 Å². The number of amides is 1. The minimum atomic E-state index is -4.81. The van der Waals surface area contributed by atoms with Crippen molar-refractivity contribution in [3.05, 3.63) is 64.8 Å². The van der Waals surface area contributed by atoms with Gasteiger partial charge in [0.25, 0.3) is 5.91 Å². The van der Waals surface area contributed by atoms with Crippen LogP contribution in [0.3, 0.4) is 0 Å². The van der Waals surface area contributed by atoms with Gasteiger partial charge in [0.1, 0.15) is 5.75 Å². The number of phosphoric acid groups is 1. The van der Waals surface area contributed by atoms with Crippen molar-refractivity contribution in [2.24, 2.45) is 0 Å². The number of hydrogen-bond donors (Lipinski definition) is 3. The van der Waals surface area contributed by atoms with E-state index in [4.69, 9.17) is 25.9 Å². The second-order valence-corrected chi connectivity index (χ2v) is 7.09. The van der Waals surface area contributed by atoms with Gasteiger partial charge in [-0.1, -0.05) is 35.9 Å². The summed E-state index contributed by atoms with van der Waals surface area (Å²) in [4.78, 5) is 30.7. The van der Waals surface area contributed by atoms with E-state index in [2.05, 4.69) is 5.32 Å². The van der Waals surface area contributed by atoms with Gasteiger partial charge in [0.05, 0.1) is 5.56 Å². The zero-order valence-electron chi connectivity index (χ0n) is 13.6. The minimum absolute atomic E-state index is 0.0151. The molecule has 0 bridgehead atoms. The Morgan fingerprint density at radius 3 is 2.32 bits per heavy atom. The molecule has 0 heterocycles. The third kappa shape index (κ3) is 5.73. The number of phosphoric ester groups is 1. The summed E-state index contributed by atoms with van der Waals surface area (Å²) in [7, 11) is -4.81. The van der Waals surface area contributed by atoms with Gasteiger partial charge in [-0.2, -0.15) is 0 Å². The average Bonchev–Trinajstić information content (AvgIpc) is 2.50. The van der Waals surface area contributed by atoms with Gasteiger partial charge >= 0.3 is 7.82 Å². The van der Waals surface area contributed by atoms with Crippen molar-refractivity contribution in [3.8, 4) is 5.75 Å². The summed E-state index contributed by atoms with van der Waals surface area (Å²) in [6.45, 7) is 3.36. The van der Waals surface area contributed by atoms with E-state index >= 15 is 0 Å². The first kappa shape index (κ1) is 19.2. The Labute approximate surface area is 150 Å². The van der Waals surface area contributed by atoms with Gasteiger partial charge in [-0.25, -0.2) is 4.57 Å². The molecule has 1 amide bonds. The van der Waals surface area contributed by atoms with E-state index in [-0.39, 0.29) is 11.3 Å². The topological polar surface area (TPSA) is 95.9 Å². The molecule has 0 aliphatic carbocycles. The summed E-state index contributed by atoms with van der Waals surface area (Å²) >= 11 is 5.74. The van der Waals surface area contributed by atoms with E-state index in [1.165, 1.54) is 12.1 Å². The third-order valence-corrected chi connectivity index (χ3v) is 3.74. The molecule has 0 aliphatic heterocycles. The Balaban J connectivity index is 2.45. The summed E-state index contributed by atoms with van der Waals surface area (Å²) < 4.78 is 15.9. The van der Waals surface area contributed by atoms with E-state index in [9.17, 15) is 9.36 Å². The number of nitrogens with one attached hydrogen (secondary N) is 1. The van der Waals surface area contributed by atoms with E-state index in [1.54, 1.807) is 50.3 Å². The molecule has 3 N–H and O–H groups in total. The molecule has 0 saturated heterocycles. The summed E-state index contributed by atoms with van der Waals surface area (Å²) in [5, 5.41) is 4.60. The zero-order chi connectivity index (χ0) is 18.6. The Bertz CT molecular complexity index is 912. The van der Waals surface area contributed by atoms with Crippen LogP contribution < -0.4 is 9.84 Å². The van der Waals surface area contributed by atoms with E-state index in [0.29, 0.717) is 16.1 Å². The highest BCUT2D eigenvalue weighted by Crippen LogP contribution is 2.40. The summed E-state index contributed by atoms with van der Waals surface area (Å²) in [5.41, 5.74) is 0.529. The van der Waals surface area contributed by atoms with Crippen LogP contribution in [-0.2, 0) is 4.57 Å². The summed E-state index contributed by atoms with van der Waals surface area (Å²) in [6.07, 6.45) is 3.23. The van der Waals surface area contributed by atoms with Crippen molar-refractivity contribution >= 4 is 36.1 Å². The fourth-order valence-electron chi connectivity index (χ4n) is 2.13. The first-order valence-electron chi connectivity index (χ1n) is 7.26. The fraction of sp³-hybridized carbons (Fsp3) is 0.118. The molecule has 0 saturated carbocycles. The lowest BCUT2D eigenvalue weighted by Gasteiger charge is -2.13. The number of halogens is 1. The molecule has 8 heteroatoms. The number of carbonyl (C=O) groups excluding carboxylic acids is 1. The molecule has 2 aromatic rings. The summed E-state index contributed by atoms with van der Waals surface area (Å²) in [6, 6.07) is 10.1. The van der Waals surface area contributed by atoms with Gasteiger partial charge in [0.2, 0.25) is 0 Å². The average molecular weight is 382 g/mol. The second kappa shape index (κ2) is 7.85. The molecule has 0 radical (unpaired) electrons. The van der Waals surface area contributed by atoms with E-state index in [1.807, 2.05) is 0 Å². The first-order valence-corrected chi connectivity index (χ1v) is 9.16. The standard InChI is InChI=1S/C17H17ClNO5P/c1-11(18)7-8-12(2)19-17(20)15-9-13-5-3-4-6-14(13)10-16(15)24-25(21,22)23/h3-10H,1-2H3,(H,19,20)(H2,21,22,23)/b11-7+,12-8+. The SMILES string of the molecule is C/C(Cl)=C\C=C(/C)NC(=O)c1cc2ccccc2cc1OP(=O)(O)O. The molecule has 0 spiro atoms. The molecule has 6 nitrogen and oxygen atoms in total. The van der Waals surface area contributed by atoms with Crippen molar-refractivity contribution in [2.75, 3.05) is 0 Å². The van der Waals surface area contributed by atoms with Gasteiger partial charge < -0.3 is 9.84 Å². The van der Waals surface area contributed by atoms with Crippen LogP contribution in [0.25, 0.3) is 10.8 Å². The van der Waals surface area contributed by atoms with Gasteiger partial charge in [0, 0.05) is 10.7 Å². The van der Waals surface area contributed by atoms with E-state index < -0.39 is 13.7 Å². The number of hydrogen-bond acceptors (Lipinski definition) is 3. The highest BCUT2D eigenvalue weighted by molar-refractivity contribution is 7.46. The number of fused-ring (bicyclic) bond motifs is 1. The van der Waals surface area contributed by atoms with Crippen LogP contribution in [0.4, 0.5) is 0 Å². The predicted molar refractivity (Wildman–Crippen MR) is 97.5 cm³/mol. The first-order chi connectivity index (χ1) is 11.7. The molecule has 0 fully saturated rings. The van der Waals surface area contributed by atoms with Crippen LogP contribution in [0.2, 0.25) is 0 Å². The molecule has 0 atom stereocenters. The molecule has 0 aliphatic rings. The highest BCUT2D eigenvalue weighted by atomic mass is 35.5. The number of benzene rings is 2. The van der Waals surface area contributed by atoms with Gasteiger partial charge in [-0.05, 0) is 48.9 Å². The van der Waals surface area contributed by atoms with Crippen molar-refractivity contribution in [3.63, 3.8) is 0 Å². The molecule has 132 valence electrons. The monoisotopic (exact) mass is 381 g/mol. The molecule has 2 rings (SSSR count). The lowest BCUT2D eigenvalue weighted by atomic mass is 10.1. The molecule has 0 aromatic heterocycles. The smallest absolute Gasteiger partial charge is 0.403 e. The molecule has 2 aromatic carbocycles. The van der Waals surface area contributed by atoms with Gasteiger partial charge in [-0.15, -0.1) is 0 Å². The normalized spacial score (nSPS) is 13.0. The number of carbonyl (C=O) groups is 1. The van der Waals surface area contributed by atoms with Crippen LogP contribution in [-0.4, -0.2) is 15.7 Å². The lowest BCUT2D eigenvalue weighted by Crippen LogP contribution is -2.22. The molecular weight excluding hydrogens is 365 g/mol. The van der Waals surface area contributed by atoms with Crippen molar-refractivity contribution in [1.82, 2.24) is 5.32 Å². The number of rotatable bonds is 5. The highest BCUT2D eigenvalue weighted by Gasteiger charge is 2.22. The zero-order valence-corrected chi connectivity index (χ0v) is 15.2. The van der Waals surface area contributed by atoms with Crippen molar-refractivity contribution in [1.29, 1.82) is 0 Å². The Hall–Kier alpha value is -2.11. The van der Waals surface area contributed by atoms with Gasteiger partial charge in [-0.3, -0.25) is 14.6 Å². The van der Waals surface area contributed by atoms with Crippen LogP contribution in [0, 0.1) is 0 Å². The Morgan fingerprint density at radius 2 is 1.76 bits per heavy atom. The number of allylic oxidation sites excluding steroid dienone is 4. The van der Waals surface area contributed by atoms with Crippen LogP contribution in [0.5, 0.6) is 5.75 Å². The maximum Gasteiger partial charge on any atom is 0.524 e. The molecular formula is C17H17ClNO5P. The van der Waals surface area contributed by atoms with Gasteiger partial charge in [0.15, 0.2) is 0 Å². The maximum atomic E-state index is 12.5. The second-order valence-electron chi connectivity index (χ2n) is 5.33. The molecule has 0 unspecified atom stereocenters. The van der Waals surface area contributed by atoms with Crippen LogP contribution in [0.15, 0.2) is 59.3 Å². The third-order valence-electron chi connectivity index (χ3n) is 3.18. The Kier molecular flexibility index (Phi) is 6.03. The quantitative estimate of drug-likeness (QED) is 0.535. The predicted octanol–water partition coefficient (Wildman–Crippen LogP) is 4.09. The summed E-state index contributed by atoms with van der Waals surface area (Å²) in [5.74, 6) is -0.745. The van der Waals surface area contributed by atoms with E-state index in [0.717, 1.165) is 5.39 Å². The fourth-order valence-corrected chi connectivity index (χ4v) is 2.60. The maximum absolute atomic E-state index is 12.5. The lowest BCUT2D eigenvalue weighted by molar-refractivity contribution is 0.0964. The van der Waals surface area contributed by atoms with Crippen molar-refractivity contribution in [2.45, 2.75) is 13.8 Å². The van der Waals surface area contributed by atoms with Crippen LogP contribution in [0.1, 0.15) is 24.2 Å². The largest absolute Gasteiger partial charge is 0.524 e. The molecule has 25 heavy (non-hydrogen) atoms. The van der Waals surface area contributed by atoms with Crippen molar-refractivity contribution < 1.29 is 23.7 Å². The minimum Gasteiger partial charge on any atom is -0.403 e. The Morgan fingerprint density at radius 1 is 1.16 bits per heavy atom.